The monoisotopic (exact) mass is 480 g/mol. The molecule has 3 heterocycles. The second kappa shape index (κ2) is 8.62. The number of para-hydroxylation sites is 1. The minimum Gasteiger partial charge on any atom is -0.293 e. The Morgan fingerprint density at radius 2 is 1.93 bits per heavy atom. The second-order valence-electron chi connectivity index (χ2n) is 6.11. The van der Waals surface area contributed by atoms with E-state index in [1.165, 1.54) is 23.1 Å². The summed E-state index contributed by atoms with van der Waals surface area (Å²) in [6, 6.07) is 12.8. The smallest absolute Gasteiger partial charge is 0.267 e. The van der Waals surface area contributed by atoms with Crippen LogP contribution < -0.4 is 5.56 Å². The first-order valence-corrected chi connectivity index (χ1v) is 12.1. The predicted molar refractivity (Wildman–Crippen MR) is 124 cm³/mol. The number of carbonyl (C=O) groups is 1. The Bertz CT molecular complexity index is 1260. The van der Waals surface area contributed by atoms with E-state index in [-0.39, 0.29) is 17.1 Å². The molecule has 4 aromatic rings. The van der Waals surface area contributed by atoms with E-state index in [0.717, 1.165) is 22.6 Å². The van der Waals surface area contributed by atoms with Gasteiger partial charge in [0.25, 0.3) is 5.56 Å². The van der Waals surface area contributed by atoms with Crippen LogP contribution >= 0.6 is 57.6 Å². The minimum absolute atomic E-state index is 0.101. The van der Waals surface area contributed by atoms with Crippen molar-refractivity contribution in [3.8, 4) is 5.69 Å². The molecule has 0 aliphatic rings. The molecule has 0 amide bonds. The molecular formula is C20H14Cl2N2O2S3. The molecule has 0 bridgehead atoms. The first-order chi connectivity index (χ1) is 14.0. The maximum atomic E-state index is 13.2. The average Bonchev–Trinajstić information content (AvgIpc) is 3.29. The van der Waals surface area contributed by atoms with Gasteiger partial charge in [-0.15, -0.1) is 22.7 Å². The van der Waals surface area contributed by atoms with Gasteiger partial charge < -0.3 is 0 Å². The largest absolute Gasteiger partial charge is 0.293 e. The van der Waals surface area contributed by atoms with Gasteiger partial charge in [0.05, 0.1) is 21.2 Å². The number of halogens is 2. The van der Waals surface area contributed by atoms with E-state index in [1.807, 2.05) is 43.3 Å². The quantitative estimate of drug-likeness (QED) is 0.183. The van der Waals surface area contributed by atoms with E-state index in [2.05, 4.69) is 0 Å². The van der Waals surface area contributed by atoms with Gasteiger partial charge in [0, 0.05) is 10.4 Å². The van der Waals surface area contributed by atoms with Crippen molar-refractivity contribution in [1.29, 1.82) is 0 Å². The summed E-state index contributed by atoms with van der Waals surface area (Å²) in [6.07, 6.45) is 0.837. The Hall–Kier alpha value is -1.64. The maximum Gasteiger partial charge on any atom is 0.267 e. The zero-order chi connectivity index (χ0) is 20.5. The predicted octanol–water partition coefficient (Wildman–Crippen LogP) is 6.35. The van der Waals surface area contributed by atoms with Gasteiger partial charge in [0.2, 0.25) is 0 Å². The molecule has 4 nitrogen and oxygen atoms in total. The standard InChI is InChI=1S/C20H14Cl2N2O2S3/c1-2-12-8-14-18(28-12)23-20(24(19(14)26)11-6-4-3-5-7-11)27-10-15(25)13-9-16(21)29-17(13)22/h3-9H,2,10H2,1H3. The van der Waals surface area contributed by atoms with Crippen LogP contribution in [-0.2, 0) is 6.42 Å². The molecule has 29 heavy (non-hydrogen) atoms. The van der Waals surface area contributed by atoms with Gasteiger partial charge >= 0.3 is 0 Å². The van der Waals surface area contributed by atoms with Gasteiger partial charge in [0.15, 0.2) is 10.9 Å². The van der Waals surface area contributed by atoms with E-state index in [1.54, 1.807) is 10.6 Å². The molecule has 0 atom stereocenters. The number of hydrogen-bond acceptors (Lipinski definition) is 6. The fourth-order valence-corrected chi connectivity index (χ4v) is 6.23. The van der Waals surface area contributed by atoms with Crippen molar-refractivity contribution in [2.75, 3.05) is 5.75 Å². The van der Waals surface area contributed by atoms with Crippen LogP contribution in [0, 0.1) is 0 Å². The van der Waals surface area contributed by atoms with Gasteiger partial charge in [-0.1, -0.05) is 60.1 Å². The molecule has 1 aromatic carbocycles. The molecule has 0 spiro atoms. The Labute approximate surface area is 189 Å². The zero-order valence-corrected chi connectivity index (χ0v) is 19.1. The molecule has 0 aliphatic heterocycles. The molecule has 0 saturated carbocycles. The number of nitrogens with zero attached hydrogens (tertiary/aromatic N) is 2. The molecule has 0 saturated heterocycles. The second-order valence-corrected chi connectivity index (χ2v) is 10.4. The van der Waals surface area contributed by atoms with Gasteiger partial charge in [0.1, 0.15) is 9.17 Å². The van der Waals surface area contributed by atoms with Crippen molar-refractivity contribution >= 4 is 73.6 Å². The Morgan fingerprint density at radius 3 is 2.59 bits per heavy atom. The molecule has 4 rings (SSSR count). The third-order valence-electron chi connectivity index (χ3n) is 4.24. The lowest BCUT2D eigenvalue weighted by atomic mass is 10.2. The summed E-state index contributed by atoms with van der Waals surface area (Å²) in [5, 5.41) is 1.07. The highest BCUT2D eigenvalue weighted by atomic mass is 35.5. The molecule has 3 aromatic heterocycles. The van der Waals surface area contributed by atoms with Gasteiger partial charge in [-0.2, -0.15) is 0 Å². The number of thiophene rings is 2. The van der Waals surface area contributed by atoms with Crippen LogP contribution in [0.4, 0.5) is 0 Å². The average molecular weight is 481 g/mol. The third kappa shape index (κ3) is 4.15. The van der Waals surface area contributed by atoms with E-state index in [4.69, 9.17) is 28.2 Å². The van der Waals surface area contributed by atoms with Crippen molar-refractivity contribution in [3.63, 3.8) is 0 Å². The highest BCUT2D eigenvalue weighted by Crippen LogP contribution is 2.33. The lowest BCUT2D eigenvalue weighted by Gasteiger charge is -2.11. The highest BCUT2D eigenvalue weighted by Gasteiger charge is 2.19. The van der Waals surface area contributed by atoms with Gasteiger partial charge in [-0.25, -0.2) is 4.98 Å². The van der Waals surface area contributed by atoms with Gasteiger partial charge in [-0.05, 0) is 30.7 Å². The summed E-state index contributed by atoms with van der Waals surface area (Å²) >= 11 is 15.9. The van der Waals surface area contributed by atoms with Crippen LogP contribution in [0.25, 0.3) is 15.9 Å². The number of fused-ring (bicyclic) bond motifs is 1. The number of aryl methyl sites for hydroxylation is 1. The normalized spacial score (nSPS) is 11.3. The van der Waals surface area contributed by atoms with Crippen molar-refractivity contribution < 1.29 is 4.79 Å². The SMILES string of the molecule is CCc1cc2c(=O)n(-c3ccccc3)c(SCC(=O)c3cc(Cl)sc3Cl)nc2s1. The van der Waals surface area contributed by atoms with Crippen LogP contribution in [0.1, 0.15) is 22.2 Å². The van der Waals surface area contributed by atoms with Gasteiger partial charge in [-0.3, -0.25) is 14.2 Å². The number of Topliss-reactive ketones (excluding diaryl/α,β-unsaturated/α-hetero) is 1. The summed E-state index contributed by atoms with van der Waals surface area (Å²) in [5.74, 6) is -0.0543. The highest BCUT2D eigenvalue weighted by molar-refractivity contribution is 7.99. The van der Waals surface area contributed by atoms with E-state index >= 15 is 0 Å². The summed E-state index contributed by atoms with van der Waals surface area (Å²) in [6.45, 7) is 2.05. The molecule has 0 unspecified atom stereocenters. The lowest BCUT2D eigenvalue weighted by Crippen LogP contribution is -2.21. The van der Waals surface area contributed by atoms with Crippen molar-refractivity contribution in [2.45, 2.75) is 18.5 Å². The Kier molecular flexibility index (Phi) is 6.13. The fraction of sp³-hybridized carbons (Fsp3) is 0.150. The Morgan fingerprint density at radius 1 is 1.17 bits per heavy atom. The molecule has 0 aliphatic carbocycles. The molecule has 9 heteroatoms. The number of thioether (sulfide) groups is 1. The summed E-state index contributed by atoms with van der Waals surface area (Å²) in [4.78, 5) is 32.4. The van der Waals surface area contributed by atoms with Crippen LogP contribution in [-0.4, -0.2) is 21.1 Å². The molecule has 0 radical (unpaired) electrons. The maximum absolute atomic E-state index is 13.2. The zero-order valence-electron chi connectivity index (χ0n) is 15.1. The van der Waals surface area contributed by atoms with E-state index in [9.17, 15) is 9.59 Å². The number of hydrogen-bond donors (Lipinski definition) is 0. The van der Waals surface area contributed by atoms with E-state index < -0.39 is 0 Å². The van der Waals surface area contributed by atoms with Crippen molar-refractivity contribution in [2.24, 2.45) is 0 Å². The first kappa shape index (κ1) is 20.6. The van der Waals surface area contributed by atoms with Crippen LogP contribution in [0.15, 0.2) is 52.4 Å². The number of ketones is 1. The number of rotatable bonds is 6. The molecule has 0 N–H and O–H groups in total. The summed E-state index contributed by atoms with van der Waals surface area (Å²) in [7, 11) is 0. The summed E-state index contributed by atoms with van der Waals surface area (Å²) in [5.41, 5.74) is 0.972. The Balaban J connectivity index is 1.77. The minimum atomic E-state index is -0.155. The van der Waals surface area contributed by atoms with Crippen molar-refractivity contribution in [3.05, 3.63) is 71.9 Å². The first-order valence-electron chi connectivity index (χ1n) is 8.69. The lowest BCUT2D eigenvalue weighted by molar-refractivity contribution is 0.102. The van der Waals surface area contributed by atoms with E-state index in [0.29, 0.717) is 35.3 Å². The molecule has 148 valence electrons. The molecular weight excluding hydrogens is 467 g/mol. The van der Waals surface area contributed by atoms with Crippen LogP contribution in [0.2, 0.25) is 8.67 Å². The number of carbonyl (C=O) groups excluding carboxylic acids is 1. The van der Waals surface area contributed by atoms with Crippen LogP contribution in [0.5, 0.6) is 0 Å². The van der Waals surface area contributed by atoms with Crippen molar-refractivity contribution in [1.82, 2.24) is 9.55 Å². The fourth-order valence-electron chi connectivity index (χ4n) is 2.83. The van der Waals surface area contributed by atoms with Crippen LogP contribution in [0.3, 0.4) is 0 Å². The molecule has 0 fully saturated rings. The summed E-state index contributed by atoms with van der Waals surface area (Å²) < 4.78 is 2.40. The third-order valence-corrected chi connectivity index (χ3v) is 7.84. The number of aromatic nitrogens is 2. The topological polar surface area (TPSA) is 52.0 Å². The number of benzene rings is 1.